The van der Waals surface area contributed by atoms with E-state index in [2.05, 4.69) is 26.6 Å². The molecule has 0 saturated carbocycles. The maximum Gasteiger partial charge on any atom is 0.165 e. The standard InChI is InChI=1S/C27H34FN3O3/c1-22-29-14-18-31(22)16-5-19-33-24-10-8-23(9-11-24)20-30-15-4-12-27(32,13-17-30)21-34-26-7-3-2-6-25(26)28/h2-3,6-11,14,18,32H,4-5,12-13,15-17,19-21H2,1H3/t27-/m1/s1. The summed E-state index contributed by atoms with van der Waals surface area (Å²) in [6.45, 7) is 6.17. The van der Waals surface area contributed by atoms with Gasteiger partial charge in [-0.05, 0) is 69.0 Å². The zero-order valence-electron chi connectivity index (χ0n) is 19.8. The van der Waals surface area contributed by atoms with Crippen LogP contribution in [-0.4, -0.2) is 51.5 Å². The molecule has 1 N–H and O–H groups in total. The van der Waals surface area contributed by atoms with Crippen molar-refractivity contribution in [2.75, 3.05) is 26.3 Å². The molecule has 1 aromatic heterocycles. The largest absolute Gasteiger partial charge is 0.494 e. The first-order chi connectivity index (χ1) is 16.5. The minimum Gasteiger partial charge on any atom is -0.494 e. The number of aliphatic hydroxyl groups is 1. The van der Waals surface area contributed by atoms with Gasteiger partial charge in [0.1, 0.15) is 18.2 Å². The first kappa shape index (κ1) is 24.2. The van der Waals surface area contributed by atoms with E-state index in [1.807, 2.05) is 31.5 Å². The van der Waals surface area contributed by atoms with Crippen molar-refractivity contribution >= 4 is 0 Å². The van der Waals surface area contributed by atoms with E-state index in [0.29, 0.717) is 19.4 Å². The molecule has 2 aromatic carbocycles. The van der Waals surface area contributed by atoms with E-state index < -0.39 is 11.4 Å². The molecule has 3 aromatic rings. The van der Waals surface area contributed by atoms with Crippen LogP contribution in [0.1, 0.15) is 37.1 Å². The normalized spacial score (nSPS) is 19.0. The van der Waals surface area contributed by atoms with Crippen LogP contribution in [0.25, 0.3) is 0 Å². The molecule has 1 aliphatic rings. The lowest BCUT2D eigenvalue weighted by atomic mass is 9.96. The van der Waals surface area contributed by atoms with E-state index >= 15 is 0 Å². The number of para-hydroxylation sites is 1. The third-order valence-corrected chi connectivity index (χ3v) is 6.41. The van der Waals surface area contributed by atoms with Gasteiger partial charge in [0, 0.05) is 32.0 Å². The molecule has 2 heterocycles. The van der Waals surface area contributed by atoms with Crippen LogP contribution in [0.4, 0.5) is 4.39 Å². The van der Waals surface area contributed by atoms with Crippen LogP contribution >= 0.6 is 0 Å². The monoisotopic (exact) mass is 467 g/mol. The molecule has 1 saturated heterocycles. The summed E-state index contributed by atoms with van der Waals surface area (Å²) in [7, 11) is 0. The highest BCUT2D eigenvalue weighted by molar-refractivity contribution is 5.27. The van der Waals surface area contributed by atoms with Crippen LogP contribution in [0.3, 0.4) is 0 Å². The first-order valence-corrected chi connectivity index (χ1v) is 12.0. The van der Waals surface area contributed by atoms with Gasteiger partial charge < -0.3 is 19.1 Å². The average Bonchev–Trinajstić information content (AvgIpc) is 3.16. The van der Waals surface area contributed by atoms with Crippen LogP contribution in [0, 0.1) is 12.7 Å². The lowest BCUT2D eigenvalue weighted by Gasteiger charge is -2.27. The second-order valence-corrected chi connectivity index (χ2v) is 9.09. The Balaban J connectivity index is 1.20. The fourth-order valence-corrected chi connectivity index (χ4v) is 4.33. The highest BCUT2D eigenvalue weighted by Crippen LogP contribution is 2.26. The number of benzene rings is 2. The maximum absolute atomic E-state index is 13.8. The lowest BCUT2D eigenvalue weighted by molar-refractivity contribution is -0.0177. The molecule has 4 rings (SSSR count). The SMILES string of the molecule is Cc1nccn1CCCOc1ccc(CN2CCC[C@](O)(COc3ccccc3F)CC2)cc1. The molecule has 34 heavy (non-hydrogen) atoms. The number of aromatic nitrogens is 2. The number of likely N-dealkylation sites (tertiary alicyclic amines) is 1. The number of ether oxygens (including phenoxy) is 2. The second kappa shape index (κ2) is 11.5. The molecule has 0 radical (unpaired) electrons. The lowest BCUT2D eigenvalue weighted by Crippen LogP contribution is -2.37. The molecular formula is C27H34FN3O3. The molecule has 1 fully saturated rings. The van der Waals surface area contributed by atoms with Gasteiger partial charge in [0.05, 0.1) is 12.2 Å². The van der Waals surface area contributed by atoms with E-state index in [1.54, 1.807) is 18.2 Å². The number of nitrogens with zero attached hydrogens (tertiary/aromatic N) is 3. The highest BCUT2D eigenvalue weighted by Gasteiger charge is 2.31. The summed E-state index contributed by atoms with van der Waals surface area (Å²) in [5.41, 5.74) is 0.277. The smallest absolute Gasteiger partial charge is 0.165 e. The minimum atomic E-state index is -0.940. The number of halogens is 1. The third kappa shape index (κ3) is 6.81. The van der Waals surface area contributed by atoms with Gasteiger partial charge in [-0.2, -0.15) is 0 Å². The van der Waals surface area contributed by atoms with Crippen LogP contribution in [0.5, 0.6) is 11.5 Å². The first-order valence-electron chi connectivity index (χ1n) is 12.0. The summed E-state index contributed by atoms with van der Waals surface area (Å²) in [5, 5.41) is 11.0. The van der Waals surface area contributed by atoms with Crippen molar-refractivity contribution in [2.24, 2.45) is 0 Å². The predicted molar refractivity (Wildman–Crippen MR) is 129 cm³/mol. The van der Waals surface area contributed by atoms with Crippen molar-refractivity contribution in [3.05, 3.63) is 78.1 Å². The maximum atomic E-state index is 13.8. The molecule has 0 aliphatic carbocycles. The number of hydrogen-bond acceptors (Lipinski definition) is 5. The van der Waals surface area contributed by atoms with E-state index in [4.69, 9.17) is 9.47 Å². The average molecular weight is 468 g/mol. The minimum absolute atomic E-state index is 0.105. The number of aryl methyl sites for hydroxylation is 2. The molecule has 1 atom stereocenters. The van der Waals surface area contributed by atoms with Crippen molar-refractivity contribution < 1.29 is 19.0 Å². The molecule has 0 bridgehead atoms. The van der Waals surface area contributed by atoms with Crippen molar-refractivity contribution in [1.29, 1.82) is 0 Å². The van der Waals surface area contributed by atoms with E-state index in [-0.39, 0.29) is 12.4 Å². The molecule has 0 unspecified atom stereocenters. The third-order valence-electron chi connectivity index (χ3n) is 6.41. The van der Waals surface area contributed by atoms with Crippen LogP contribution < -0.4 is 9.47 Å². The summed E-state index contributed by atoms with van der Waals surface area (Å²) in [6.07, 6.45) is 6.84. The Labute approximate surface area is 201 Å². The predicted octanol–water partition coefficient (Wildman–Crippen LogP) is 4.60. The highest BCUT2D eigenvalue weighted by atomic mass is 19.1. The molecule has 1 aliphatic heterocycles. The number of rotatable bonds is 10. The zero-order valence-corrected chi connectivity index (χ0v) is 19.8. The van der Waals surface area contributed by atoms with Gasteiger partial charge in [-0.1, -0.05) is 24.3 Å². The molecule has 6 nitrogen and oxygen atoms in total. The van der Waals surface area contributed by atoms with Gasteiger partial charge in [0.15, 0.2) is 11.6 Å². The molecule has 182 valence electrons. The van der Waals surface area contributed by atoms with E-state index in [1.165, 1.54) is 11.6 Å². The van der Waals surface area contributed by atoms with E-state index in [9.17, 15) is 9.50 Å². The van der Waals surface area contributed by atoms with Crippen molar-refractivity contribution in [2.45, 2.75) is 51.3 Å². The summed E-state index contributed by atoms with van der Waals surface area (Å²) >= 11 is 0. The Kier molecular flexibility index (Phi) is 8.19. The fraction of sp³-hybridized carbons (Fsp3) is 0.444. The Hall–Kier alpha value is -2.90. The molecular weight excluding hydrogens is 433 g/mol. The van der Waals surface area contributed by atoms with Gasteiger partial charge in [0.2, 0.25) is 0 Å². The van der Waals surface area contributed by atoms with Gasteiger partial charge >= 0.3 is 0 Å². The Bertz CT molecular complexity index is 1040. The van der Waals surface area contributed by atoms with Crippen LogP contribution in [0.15, 0.2) is 60.9 Å². The van der Waals surface area contributed by atoms with Crippen LogP contribution in [-0.2, 0) is 13.1 Å². The summed E-state index contributed by atoms with van der Waals surface area (Å²) in [6, 6.07) is 14.6. The van der Waals surface area contributed by atoms with Gasteiger partial charge in [0.25, 0.3) is 0 Å². The van der Waals surface area contributed by atoms with Gasteiger partial charge in [-0.3, -0.25) is 4.90 Å². The van der Waals surface area contributed by atoms with Gasteiger partial charge in [-0.15, -0.1) is 0 Å². The van der Waals surface area contributed by atoms with E-state index in [0.717, 1.165) is 50.6 Å². The zero-order chi connectivity index (χ0) is 23.8. The molecule has 7 heteroatoms. The summed E-state index contributed by atoms with van der Waals surface area (Å²) in [5.74, 6) is 1.69. The number of imidazole rings is 1. The Morgan fingerprint density at radius 3 is 2.65 bits per heavy atom. The fourth-order valence-electron chi connectivity index (χ4n) is 4.33. The summed E-state index contributed by atoms with van der Waals surface area (Å²) < 4.78 is 27.4. The van der Waals surface area contributed by atoms with Crippen molar-refractivity contribution in [1.82, 2.24) is 14.5 Å². The quantitative estimate of drug-likeness (QED) is 0.442. The summed E-state index contributed by atoms with van der Waals surface area (Å²) in [4.78, 5) is 6.59. The Morgan fingerprint density at radius 2 is 1.88 bits per heavy atom. The van der Waals surface area contributed by atoms with Crippen molar-refractivity contribution in [3.8, 4) is 11.5 Å². The van der Waals surface area contributed by atoms with Crippen LogP contribution in [0.2, 0.25) is 0 Å². The number of hydrogen-bond donors (Lipinski definition) is 1. The molecule has 0 amide bonds. The topological polar surface area (TPSA) is 59.8 Å². The molecule has 0 spiro atoms. The Morgan fingerprint density at radius 1 is 1.06 bits per heavy atom. The second-order valence-electron chi connectivity index (χ2n) is 9.09. The van der Waals surface area contributed by atoms with Gasteiger partial charge in [-0.25, -0.2) is 9.37 Å². The van der Waals surface area contributed by atoms with Crippen molar-refractivity contribution in [3.63, 3.8) is 0 Å².